The zero-order valence-electron chi connectivity index (χ0n) is 11.9. The second-order valence-electron chi connectivity index (χ2n) is 6.32. The first-order valence-corrected chi connectivity index (χ1v) is 7.26. The summed E-state index contributed by atoms with van der Waals surface area (Å²) in [4.78, 5) is 12.4. The molecule has 5 nitrogen and oxygen atoms in total. The lowest BCUT2D eigenvalue weighted by molar-refractivity contribution is -0.175. The summed E-state index contributed by atoms with van der Waals surface area (Å²) in [6.07, 6.45) is 3.59. The number of aliphatic hydroxyl groups excluding tert-OH is 1. The van der Waals surface area contributed by atoms with Gasteiger partial charge in [-0.25, -0.2) is 0 Å². The fraction of sp³-hybridized carbons (Fsp3) is 0.929. The quantitative estimate of drug-likeness (QED) is 0.610. The van der Waals surface area contributed by atoms with Crippen molar-refractivity contribution in [3.63, 3.8) is 0 Å². The molecule has 3 unspecified atom stereocenters. The van der Waals surface area contributed by atoms with Crippen LogP contribution in [0.15, 0.2) is 0 Å². The fourth-order valence-electron chi connectivity index (χ4n) is 3.61. The molecule has 1 amide bonds. The number of hydrogen-bond acceptors (Lipinski definition) is 4. The molecular formula is C14H26N2O3. The lowest BCUT2D eigenvalue weighted by atomic mass is 9.48. The van der Waals surface area contributed by atoms with Crippen LogP contribution in [0.5, 0.6) is 0 Å². The number of fused-ring (bicyclic) bond motifs is 1. The van der Waals surface area contributed by atoms with Crippen molar-refractivity contribution in [2.75, 3.05) is 19.8 Å². The number of amides is 1. The van der Waals surface area contributed by atoms with Crippen LogP contribution < -0.4 is 11.1 Å². The van der Waals surface area contributed by atoms with Gasteiger partial charge in [-0.15, -0.1) is 0 Å². The van der Waals surface area contributed by atoms with E-state index < -0.39 is 5.54 Å². The first-order chi connectivity index (χ1) is 8.96. The minimum atomic E-state index is -0.800. The number of rotatable bonds is 6. The van der Waals surface area contributed by atoms with E-state index in [-0.39, 0.29) is 30.0 Å². The van der Waals surface area contributed by atoms with E-state index in [4.69, 9.17) is 15.6 Å². The minimum absolute atomic E-state index is 0.0479. The zero-order valence-corrected chi connectivity index (χ0v) is 11.9. The lowest BCUT2D eigenvalue weighted by Crippen LogP contribution is -2.80. The van der Waals surface area contributed by atoms with Crippen LogP contribution in [0.2, 0.25) is 0 Å². The van der Waals surface area contributed by atoms with Gasteiger partial charge in [-0.05, 0) is 25.7 Å². The third-order valence-corrected chi connectivity index (χ3v) is 4.95. The fourth-order valence-corrected chi connectivity index (χ4v) is 3.61. The van der Waals surface area contributed by atoms with Gasteiger partial charge in [0.15, 0.2) is 0 Å². The summed E-state index contributed by atoms with van der Waals surface area (Å²) in [6, 6.07) is 0. The normalized spacial score (nSPS) is 35.6. The molecule has 2 fully saturated rings. The van der Waals surface area contributed by atoms with Crippen molar-refractivity contribution in [2.45, 2.75) is 51.2 Å². The summed E-state index contributed by atoms with van der Waals surface area (Å²) in [5, 5.41) is 11.7. The second-order valence-corrected chi connectivity index (χ2v) is 6.32. The molecule has 0 aromatic carbocycles. The van der Waals surface area contributed by atoms with Crippen LogP contribution in [0.1, 0.15) is 39.5 Å². The predicted octanol–water partition coefficient (Wildman–Crippen LogP) is 0.408. The van der Waals surface area contributed by atoms with E-state index in [9.17, 15) is 4.79 Å². The number of carbonyl (C=O) groups excluding carboxylic acids is 1. The maximum Gasteiger partial charge on any atom is 0.241 e. The molecule has 0 aromatic rings. The summed E-state index contributed by atoms with van der Waals surface area (Å²) in [5.74, 6) is 0.105. The summed E-state index contributed by atoms with van der Waals surface area (Å²) in [5.41, 5.74) is 5.32. The SMILES string of the molecule is CC1(C)C2OCCC2C1(N)C(=O)NCCCCCO. The third-order valence-electron chi connectivity index (χ3n) is 4.95. The second kappa shape index (κ2) is 5.38. The largest absolute Gasteiger partial charge is 0.396 e. The summed E-state index contributed by atoms with van der Waals surface area (Å²) in [7, 11) is 0. The van der Waals surface area contributed by atoms with Crippen molar-refractivity contribution in [2.24, 2.45) is 17.1 Å². The molecule has 3 atom stereocenters. The van der Waals surface area contributed by atoms with Crippen LogP contribution in [0.25, 0.3) is 0 Å². The van der Waals surface area contributed by atoms with Gasteiger partial charge in [0.1, 0.15) is 5.54 Å². The molecule has 2 rings (SSSR count). The van der Waals surface area contributed by atoms with Gasteiger partial charge < -0.3 is 20.9 Å². The van der Waals surface area contributed by atoms with Gasteiger partial charge in [0, 0.05) is 31.1 Å². The maximum atomic E-state index is 12.4. The molecular weight excluding hydrogens is 244 g/mol. The molecule has 1 heterocycles. The number of nitrogens with two attached hydrogens (primary N) is 1. The van der Waals surface area contributed by atoms with E-state index in [1.165, 1.54) is 0 Å². The van der Waals surface area contributed by atoms with E-state index in [1.807, 2.05) is 13.8 Å². The first-order valence-electron chi connectivity index (χ1n) is 7.26. The molecule has 1 saturated heterocycles. The summed E-state index contributed by atoms with van der Waals surface area (Å²) >= 11 is 0. The van der Waals surface area contributed by atoms with Gasteiger partial charge in [0.25, 0.3) is 0 Å². The van der Waals surface area contributed by atoms with Crippen molar-refractivity contribution in [3.8, 4) is 0 Å². The Morgan fingerprint density at radius 1 is 1.42 bits per heavy atom. The molecule has 110 valence electrons. The Morgan fingerprint density at radius 2 is 2.16 bits per heavy atom. The summed E-state index contributed by atoms with van der Waals surface area (Å²) in [6.45, 7) is 5.59. The van der Waals surface area contributed by atoms with Crippen molar-refractivity contribution in [1.82, 2.24) is 5.32 Å². The van der Waals surface area contributed by atoms with Crippen LogP contribution in [0.3, 0.4) is 0 Å². The number of unbranched alkanes of at least 4 members (excludes halogenated alkanes) is 2. The van der Waals surface area contributed by atoms with Crippen LogP contribution in [-0.4, -0.2) is 42.4 Å². The number of hydrogen-bond donors (Lipinski definition) is 3. The Labute approximate surface area is 114 Å². The number of carbonyl (C=O) groups is 1. The molecule has 0 spiro atoms. The van der Waals surface area contributed by atoms with Gasteiger partial charge >= 0.3 is 0 Å². The van der Waals surface area contributed by atoms with Crippen molar-refractivity contribution >= 4 is 5.91 Å². The van der Waals surface area contributed by atoms with Gasteiger partial charge in [-0.1, -0.05) is 13.8 Å². The Kier molecular flexibility index (Phi) is 4.18. The number of nitrogens with one attached hydrogen (secondary N) is 1. The Morgan fingerprint density at radius 3 is 2.84 bits per heavy atom. The van der Waals surface area contributed by atoms with E-state index in [0.717, 1.165) is 25.7 Å². The molecule has 0 radical (unpaired) electrons. The van der Waals surface area contributed by atoms with Gasteiger partial charge in [-0.3, -0.25) is 4.79 Å². The Balaban J connectivity index is 1.87. The summed E-state index contributed by atoms with van der Waals surface area (Å²) < 4.78 is 5.68. The molecule has 4 N–H and O–H groups in total. The van der Waals surface area contributed by atoms with Crippen LogP contribution in [0.4, 0.5) is 0 Å². The highest BCUT2D eigenvalue weighted by atomic mass is 16.5. The van der Waals surface area contributed by atoms with Crippen LogP contribution in [0, 0.1) is 11.3 Å². The average molecular weight is 270 g/mol. The third kappa shape index (κ3) is 2.18. The van der Waals surface area contributed by atoms with E-state index in [2.05, 4.69) is 5.32 Å². The molecule has 2 aliphatic rings. The first kappa shape index (κ1) is 14.8. The lowest BCUT2D eigenvalue weighted by Gasteiger charge is -2.60. The number of ether oxygens (including phenoxy) is 1. The van der Waals surface area contributed by atoms with Crippen LogP contribution >= 0.6 is 0 Å². The highest BCUT2D eigenvalue weighted by molar-refractivity contribution is 5.89. The zero-order chi connectivity index (χ0) is 14.1. The maximum absolute atomic E-state index is 12.4. The monoisotopic (exact) mass is 270 g/mol. The van der Waals surface area contributed by atoms with Crippen LogP contribution in [-0.2, 0) is 9.53 Å². The highest BCUT2D eigenvalue weighted by Gasteiger charge is 2.71. The highest BCUT2D eigenvalue weighted by Crippen LogP contribution is 2.58. The molecule has 1 aliphatic heterocycles. The van der Waals surface area contributed by atoms with Crippen molar-refractivity contribution in [1.29, 1.82) is 0 Å². The molecule has 5 heteroatoms. The van der Waals surface area contributed by atoms with Gasteiger partial charge in [-0.2, -0.15) is 0 Å². The Bertz CT molecular complexity index is 346. The Hall–Kier alpha value is -0.650. The van der Waals surface area contributed by atoms with Gasteiger partial charge in [0.05, 0.1) is 6.10 Å². The molecule has 1 saturated carbocycles. The molecule has 0 bridgehead atoms. The minimum Gasteiger partial charge on any atom is -0.396 e. The predicted molar refractivity (Wildman–Crippen MR) is 72.5 cm³/mol. The van der Waals surface area contributed by atoms with E-state index in [1.54, 1.807) is 0 Å². The molecule has 1 aliphatic carbocycles. The van der Waals surface area contributed by atoms with Crippen molar-refractivity contribution in [3.05, 3.63) is 0 Å². The smallest absolute Gasteiger partial charge is 0.241 e. The van der Waals surface area contributed by atoms with Gasteiger partial charge in [0.2, 0.25) is 5.91 Å². The van der Waals surface area contributed by atoms with E-state index >= 15 is 0 Å². The molecule has 19 heavy (non-hydrogen) atoms. The topological polar surface area (TPSA) is 84.6 Å². The number of aliphatic hydroxyl groups is 1. The molecule has 0 aromatic heterocycles. The van der Waals surface area contributed by atoms with Crippen molar-refractivity contribution < 1.29 is 14.6 Å². The average Bonchev–Trinajstić information content (AvgIpc) is 2.85. The standard InChI is InChI=1S/C14H26N2O3/c1-13(2)11-10(6-9-19-11)14(13,15)12(18)16-7-4-3-5-8-17/h10-11,17H,3-9,15H2,1-2H3,(H,16,18). The van der Waals surface area contributed by atoms with E-state index in [0.29, 0.717) is 13.2 Å².